The van der Waals surface area contributed by atoms with E-state index in [1.807, 2.05) is 31.2 Å². The normalized spacial score (nSPS) is 17.5. The minimum absolute atomic E-state index is 0.0474. The number of fused-ring (bicyclic) bond motifs is 7. The van der Waals surface area contributed by atoms with Crippen molar-refractivity contribution >= 4 is 44.0 Å². The largest absolute Gasteiger partial charge is 0.454 e. The Morgan fingerprint density at radius 3 is 2.58 bits per heavy atom. The molecule has 0 radical (unpaired) electrons. The van der Waals surface area contributed by atoms with Crippen molar-refractivity contribution in [3.05, 3.63) is 71.0 Å². The zero-order valence-electron chi connectivity index (χ0n) is 25.8. The number of aromatic nitrogens is 2. The number of aryl methyl sites for hydroxylation is 5. The summed E-state index contributed by atoms with van der Waals surface area (Å²) in [5, 5.41) is 1.67. The number of hydrogen-bond donors (Lipinski definition) is 0. The van der Waals surface area contributed by atoms with Gasteiger partial charge in [-0.1, -0.05) is 24.3 Å². The standard InChI is InChI=1S/C27H23N2O2/c1-14-10-11-19-23-25(17(4)28-24-18-8-6-7-9-21(18)30-27(23)24)31-26(19)22(14)20-12-15(2)16(3)13-29(20)5/h6-13H,1-5H3/q+1/i2D3,3D3,4D3. The highest BCUT2D eigenvalue weighted by Gasteiger charge is 2.25. The van der Waals surface area contributed by atoms with Gasteiger partial charge in [0.25, 0.3) is 0 Å². The van der Waals surface area contributed by atoms with Crippen molar-refractivity contribution in [2.45, 2.75) is 27.5 Å². The Labute approximate surface area is 192 Å². The van der Waals surface area contributed by atoms with Gasteiger partial charge in [0.05, 0.1) is 16.6 Å². The third kappa shape index (κ3) is 2.42. The highest BCUT2D eigenvalue weighted by atomic mass is 16.3. The van der Waals surface area contributed by atoms with Crippen LogP contribution in [0, 0.1) is 27.5 Å². The van der Waals surface area contributed by atoms with E-state index < -0.39 is 20.6 Å². The molecule has 4 heteroatoms. The average Bonchev–Trinajstić information content (AvgIpc) is 3.40. The summed E-state index contributed by atoms with van der Waals surface area (Å²) < 4.78 is 86.4. The fourth-order valence-electron chi connectivity index (χ4n) is 4.34. The number of hydrogen-bond acceptors (Lipinski definition) is 3. The summed E-state index contributed by atoms with van der Waals surface area (Å²) in [5.74, 6) is 0. The van der Waals surface area contributed by atoms with Crippen molar-refractivity contribution in [2.75, 3.05) is 0 Å². The molecule has 0 bridgehead atoms. The van der Waals surface area contributed by atoms with Crippen LogP contribution in [0.2, 0.25) is 0 Å². The summed E-state index contributed by atoms with van der Waals surface area (Å²) in [7, 11) is 1.63. The van der Waals surface area contributed by atoms with Gasteiger partial charge in [-0.15, -0.1) is 0 Å². The van der Waals surface area contributed by atoms with Crippen molar-refractivity contribution in [3.63, 3.8) is 0 Å². The van der Waals surface area contributed by atoms with E-state index in [0.717, 1.165) is 0 Å². The van der Waals surface area contributed by atoms with E-state index in [1.165, 1.54) is 12.3 Å². The molecular weight excluding hydrogens is 384 g/mol. The summed E-state index contributed by atoms with van der Waals surface area (Å²) in [4.78, 5) is 4.49. The second-order valence-corrected chi connectivity index (χ2v) is 7.77. The molecule has 2 aromatic carbocycles. The number of rotatable bonds is 1. The van der Waals surface area contributed by atoms with Gasteiger partial charge in [0.2, 0.25) is 5.69 Å². The molecular formula is C27H23N2O2+. The van der Waals surface area contributed by atoms with Gasteiger partial charge < -0.3 is 8.83 Å². The second-order valence-electron chi connectivity index (χ2n) is 7.77. The zero-order chi connectivity index (χ0) is 28.9. The first-order chi connectivity index (χ1) is 18.6. The molecule has 0 amide bonds. The minimum atomic E-state index is -2.69. The van der Waals surface area contributed by atoms with E-state index in [0.29, 0.717) is 55.2 Å². The SMILES string of the molecule is [2H]C([2H])([2H])c1cc(-c2c(C)ccc3c2oc2c(C([2H])([2H])[2H])nc4c5ccccc5oc4c23)[n+](C)cc1C([2H])([2H])[2H]. The molecule has 6 rings (SSSR count). The summed E-state index contributed by atoms with van der Waals surface area (Å²) in [6, 6.07) is 12.2. The molecule has 0 saturated heterocycles. The lowest BCUT2D eigenvalue weighted by molar-refractivity contribution is -0.660. The van der Waals surface area contributed by atoms with Gasteiger partial charge in [-0.25, -0.2) is 9.55 Å². The van der Waals surface area contributed by atoms with Crippen LogP contribution in [0.3, 0.4) is 0 Å². The number of furan rings is 2. The Hall–Kier alpha value is -3.66. The van der Waals surface area contributed by atoms with Crippen LogP contribution >= 0.6 is 0 Å². The fraction of sp³-hybridized carbons (Fsp3) is 0.185. The lowest BCUT2D eigenvalue weighted by atomic mass is 9.99. The van der Waals surface area contributed by atoms with Crippen LogP contribution in [0.25, 0.3) is 55.3 Å². The van der Waals surface area contributed by atoms with Gasteiger partial charge >= 0.3 is 0 Å². The van der Waals surface area contributed by atoms with Crippen LogP contribution < -0.4 is 4.57 Å². The molecule has 0 unspecified atom stereocenters. The number of pyridine rings is 2. The van der Waals surface area contributed by atoms with E-state index in [-0.39, 0.29) is 22.4 Å². The third-order valence-electron chi connectivity index (χ3n) is 5.83. The summed E-state index contributed by atoms with van der Waals surface area (Å²) >= 11 is 0. The molecule has 31 heavy (non-hydrogen) atoms. The van der Waals surface area contributed by atoms with Crippen molar-refractivity contribution in [1.82, 2.24) is 4.98 Å². The maximum absolute atomic E-state index is 8.20. The van der Waals surface area contributed by atoms with E-state index in [9.17, 15) is 0 Å². The molecule has 152 valence electrons. The Bertz CT molecular complexity index is 1990. The van der Waals surface area contributed by atoms with Crippen molar-refractivity contribution in [3.8, 4) is 11.3 Å². The lowest BCUT2D eigenvalue weighted by Crippen LogP contribution is -2.31. The predicted molar refractivity (Wildman–Crippen MR) is 124 cm³/mol. The summed E-state index contributed by atoms with van der Waals surface area (Å²) in [6.07, 6.45) is 1.30. The van der Waals surface area contributed by atoms with Crippen LogP contribution in [0.15, 0.2) is 57.5 Å². The first-order valence-corrected chi connectivity index (χ1v) is 9.80. The molecule has 0 spiro atoms. The molecule has 0 atom stereocenters. The molecule has 0 aliphatic carbocycles. The Balaban J connectivity index is 1.78. The van der Waals surface area contributed by atoms with Gasteiger partial charge in [-0.2, -0.15) is 0 Å². The smallest absolute Gasteiger partial charge is 0.216 e. The first-order valence-electron chi connectivity index (χ1n) is 14.3. The summed E-state index contributed by atoms with van der Waals surface area (Å²) in [6.45, 7) is -6.13. The number of nitrogens with zero attached hydrogens (tertiary/aromatic N) is 2. The number of benzene rings is 2. The van der Waals surface area contributed by atoms with Crippen LogP contribution in [0.1, 0.15) is 34.7 Å². The molecule has 0 aliphatic heterocycles. The van der Waals surface area contributed by atoms with Crippen LogP contribution in [0.4, 0.5) is 0 Å². The molecule has 0 fully saturated rings. The van der Waals surface area contributed by atoms with Crippen molar-refractivity contribution in [2.24, 2.45) is 7.05 Å². The molecule has 4 aromatic heterocycles. The van der Waals surface area contributed by atoms with Gasteiger partial charge in [0, 0.05) is 34.7 Å². The van der Waals surface area contributed by atoms with Crippen LogP contribution in [-0.2, 0) is 7.05 Å². The van der Waals surface area contributed by atoms with Crippen molar-refractivity contribution < 1.29 is 25.7 Å². The second kappa shape index (κ2) is 6.17. The highest BCUT2D eigenvalue weighted by Crippen LogP contribution is 2.42. The van der Waals surface area contributed by atoms with Gasteiger partial charge in [-0.3, -0.25) is 0 Å². The van der Waals surface area contributed by atoms with Crippen LogP contribution in [0.5, 0.6) is 0 Å². The maximum Gasteiger partial charge on any atom is 0.216 e. The average molecular weight is 417 g/mol. The quantitative estimate of drug-likeness (QED) is 0.283. The van der Waals surface area contributed by atoms with Gasteiger partial charge in [0.1, 0.15) is 23.7 Å². The predicted octanol–water partition coefficient (Wildman–Crippen LogP) is 6.61. The number of para-hydroxylation sites is 1. The Morgan fingerprint density at radius 1 is 0.871 bits per heavy atom. The minimum Gasteiger partial charge on any atom is -0.454 e. The van der Waals surface area contributed by atoms with Gasteiger partial charge in [0.15, 0.2) is 17.4 Å². The van der Waals surface area contributed by atoms with Gasteiger partial charge in [-0.05, 0) is 50.7 Å². The van der Waals surface area contributed by atoms with Crippen LogP contribution in [-0.4, -0.2) is 4.98 Å². The Morgan fingerprint density at radius 2 is 1.74 bits per heavy atom. The van der Waals surface area contributed by atoms with E-state index in [2.05, 4.69) is 4.98 Å². The van der Waals surface area contributed by atoms with E-state index >= 15 is 0 Å². The molecule has 6 aromatic rings. The monoisotopic (exact) mass is 416 g/mol. The topological polar surface area (TPSA) is 43.1 Å². The first kappa shape index (κ1) is 11.1. The van der Waals surface area contributed by atoms with E-state index in [4.69, 9.17) is 21.2 Å². The summed E-state index contributed by atoms with van der Waals surface area (Å²) in [5.41, 5.74) is 2.50. The highest BCUT2D eigenvalue weighted by molar-refractivity contribution is 6.22. The molecule has 4 heterocycles. The molecule has 0 saturated carbocycles. The molecule has 4 nitrogen and oxygen atoms in total. The molecule has 0 N–H and O–H groups in total. The lowest BCUT2D eigenvalue weighted by Gasteiger charge is -2.07. The fourth-order valence-corrected chi connectivity index (χ4v) is 4.34. The molecule has 0 aliphatic rings. The maximum atomic E-state index is 8.20. The Kier molecular flexibility index (Phi) is 2.21. The third-order valence-corrected chi connectivity index (χ3v) is 5.83. The zero-order valence-corrected chi connectivity index (χ0v) is 16.8. The van der Waals surface area contributed by atoms with E-state index in [1.54, 1.807) is 23.7 Å². The van der Waals surface area contributed by atoms with Crippen molar-refractivity contribution in [1.29, 1.82) is 0 Å².